The summed E-state index contributed by atoms with van der Waals surface area (Å²) in [4.78, 5) is 15.9. The molecule has 0 aromatic rings. The average molecular weight is 315 g/mol. The van der Waals surface area contributed by atoms with Gasteiger partial charge in [0.15, 0.2) is 0 Å². The normalized spacial score (nSPS) is 16.5. The molecule has 1 aliphatic heterocycles. The lowest BCUT2D eigenvalue weighted by Gasteiger charge is -2.26. The molecule has 0 aromatic heterocycles. The van der Waals surface area contributed by atoms with Crippen LogP contribution in [0, 0.1) is 0 Å². The molecular weight excluding hydrogens is 282 g/mol. The summed E-state index contributed by atoms with van der Waals surface area (Å²) in [6, 6.07) is 0. The van der Waals surface area contributed by atoms with Gasteiger partial charge in [-0.15, -0.1) is 0 Å². The van der Waals surface area contributed by atoms with Crippen molar-refractivity contribution in [2.45, 2.75) is 39.2 Å². The minimum atomic E-state index is -0.427. The Balaban J connectivity index is 1.95. The molecule has 6 heteroatoms. The molecule has 0 radical (unpaired) electrons. The van der Waals surface area contributed by atoms with Gasteiger partial charge in [0.2, 0.25) is 0 Å². The van der Waals surface area contributed by atoms with Gasteiger partial charge in [-0.1, -0.05) is 0 Å². The zero-order chi connectivity index (χ0) is 16.4. The van der Waals surface area contributed by atoms with Crippen LogP contribution in [0.5, 0.6) is 0 Å². The molecule has 22 heavy (non-hydrogen) atoms. The third-order valence-electron chi connectivity index (χ3n) is 3.48. The molecule has 0 atom stereocenters. The maximum atomic E-state index is 11.8. The fraction of sp³-hybridized carbons (Fsp3) is 0.938. The van der Waals surface area contributed by atoms with Crippen molar-refractivity contribution in [2.24, 2.45) is 0 Å². The summed E-state index contributed by atoms with van der Waals surface area (Å²) in [5.74, 6) is 0. The Labute approximate surface area is 135 Å². The minimum Gasteiger partial charge on any atom is -0.444 e. The molecule has 1 fully saturated rings. The van der Waals surface area contributed by atoms with Crippen molar-refractivity contribution in [3.8, 4) is 0 Å². The third kappa shape index (κ3) is 9.23. The number of nitrogens with zero attached hydrogens (tertiary/aromatic N) is 2. The standard InChI is InChI=1S/C16H33N3O3/c1-16(2,3)22-15(20)18(4)9-5-7-17-8-6-10-19-11-13-21-14-12-19/h17H,5-14H2,1-4H3. The molecule has 1 aliphatic rings. The number of nitrogens with one attached hydrogen (secondary N) is 1. The highest BCUT2D eigenvalue weighted by atomic mass is 16.6. The SMILES string of the molecule is CN(CCCNCCCN1CCOCC1)C(=O)OC(C)(C)C. The van der Waals surface area contributed by atoms with E-state index in [1.54, 1.807) is 11.9 Å². The largest absolute Gasteiger partial charge is 0.444 e. The van der Waals surface area contributed by atoms with Gasteiger partial charge in [-0.3, -0.25) is 4.90 Å². The first-order valence-corrected chi connectivity index (χ1v) is 8.33. The molecule has 0 saturated carbocycles. The number of hydrogen-bond acceptors (Lipinski definition) is 5. The van der Waals surface area contributed by atoms with Crippen LogP contribution in [0.3, 0.4) is 0 Å². The van der Waals surface area contributed by atoms with Gasteiger partial charge in [0, 0.05) is 26.7 Å². The van der Waals surface area contributed by atoms with E-state index in [9.17, 15) is 4.79 Å². The van der Waals surface area contributed by atoms with Crippen LogP contribution in [0.25, 0.3) is 0 Å². The highest BCUT2D eigenvalue weighted by Crippen LogP contribution is 2.09. The Bertz CT molecular complexity index is 312. The molecule has 1 saturated heterocycles. The molecule has 1 rings (SSSR count). The van der Waals surface area contributed by atoms with Crippen LogP contribution in [-0.2, 0) is 9.47 Å². The Morgan fingerprint density at radius 3 is 2.50 bits per heavy atom. The molecule has 0 unspecified atom stereocenters. The van der Waals surface area contributed by atoms with Crippen molar-refractivity contribution in [2.75, 3.05) is 59.5 Å². The summed E-state index contributed by atoms with van der Waals surface area (Å²) in [6.45, 7) is 13.3. The van der Waals surface area contributed by atoms with Crippen LogP contribution >= 0.6 is 0 Å². The van der Waals surface area contributed by atoms with E-state index < -0.39 is 5.60 Å². The molecule has 0 spiro atoms. The Morgan fingerprint density at radius 2 is 1.86 bits per heavy atom. The lowest BCUT2D eigenvalue weighted by Crippen LogP contribution is -2.38. The lowest BCUT2D eigenvalue weighted by molar-refractivity contribution is 0.0297. The molecular formula is C16H33N3O3. The number of morpholine rings is 1. The second-order valence-corrected chi connectivity index (χ2v) is 6.81. The van der Waals surface area contributed by atoms with Crippen molar-refractivity contribution < 1.29 is 14.3 Å². The van der Waals surface area contributed by atoms with Crippen molar-refractivity contribution in [3.63, 3.8) is 0 Å². The zero-order valence-electron chi connectivity index (χ0n) is 14.7. The van der Waals surface area contributed by atoms with Crippen molar-refractivity contribution in [3.05, 3.63) is 0 Å². The summed E-state index contributed by atoms with van der Waals surface area (Å²) >= 11 is 0. The summed E-state index contributed by atoms with van der Waals surface area (Å²) in [6.07, 6.45) is 1.84. The van der Waals surface area contributed by atoms with Crippen LogP contribution in [0.2, 0.25) is 0 Å². The van der Waals surface area contributed by atoms with Gasteiger partial charge >= 0.3 is 6.09 Å². The summed E-state index contributed by atoms with van der Waals surface area (Å²) in [5.41, 5.74) is -0.427. The van der Waals surface area contributed by atoms with E-state index in [2.05, 4.69) is 10.2 Å². The first kappa shape index (κ1) is 19.2. The maximum absolute atomic E-state index is 11.8. The Kier molecular flexibility index (Phi) is 8.75. The van der Waals surface area contributed by atoms with Crippen LogP contribution in [0.15, 0.2) is 0 Å². The van der Waals surface area contributed by atoms with E-state index in [-0.39, 0.29) is 6.09 Å². The highest BCUT2D eigenvalue weighted by Gasteiger charge is 2.18. The van der Waals surface area contributed by atoms with Crippen molar-refractivity contribution in [1.82, 2.24) is 15.1 Å². The first-order valence-electron chi connectivity index (χ1n) is 8.33. The lowest BCUT2D eigenvalue weighted by atomic mass is 10.2. The number of hydrogen-bond donors (Lipinski definition) is 1. The zero-order valence-corrected chi connectivity index (χ0v) is 14.7. The van der Waals surface area contributed by atoms with Gasteiger partial charge in [-0.25, -0.2) is 4.79 Å². The third-order valence-corrected chi connectivity index (χ3v) is 3.48. The van der Waals surface area contributed by atoms with Gasteiger partial charge in [-0.2, -0.15) is 0 Å². The molecule has 1 amide bonds. The van der Waals surface area contributed by atoms with E-state index >= 15 is 0 Å². The predicted molar refractivity (Wildman–Crippen MR) is 88.2 cm³/mol. The van der Waals surface area contributed by atoms with Crippen LogP contribution in [-0.4, -0.2) is 81.0 Å². The highest BCUT2D eigenvalue weighted by molar-refractivity contribution is 5.67. The van der Waals surface area contributed by atoms with Crippen molar-refractivity contribution >= 4 is 6.09 Å². The van der Waals surface area contributed by atoms with Gasteiger partial charge in [0.1, 0.15) is 5.60 Å². The van der Waals surface area contributed by atoms with Gasteiger partial charge in [-0.05, 0) is 53.2 Å². The molecule has 6 nitrogen and oxygen atoms in total. The first-order chi connectivity index (χ1) is 10.4. The molecule has 0 aliphatic carbocycles. The Hall–Kier alpha value is -0.850. The number of ether oxygens (including phenoxy) is 2. The fourth-order valence-corrected chi connectivity index (χ4v) is 2.25. The summed E-state index contributed by atoms with van der Waals surface area (Å²) in [5, 5.41) is 3.43. The minimum absolute atomic E-state index is 0.250. The number of amides is 1. The van der Waals surface area contributed by atoms with Gasteiger partial charge in [0.25, 0.3) is 0 Å². The molecule has 0 aromatic carbocycles. The summed E-state index contributed by atoms with van der Waals surface area (Å²) in [7, 11) is 1.78. The number of carbonyl (C=O) groups is 1. The summed E-state index contributed by atoms with van der Waals surface area (Å²) < 4.78 is 10.6. The monoisotopic (exact) mass is 315 g/mol. The van der Waals surface area contributed by atoms with Gasteiger partial charge in [0.05, 0.1) is 13.2 Å². The van der Waals surface area contributed by atoms with E-state index in [1.807, 2.05) is 20.8 Å². The Morgan fingerprint density at radius 1 is 1.23 bits per heavy atom. The smallest absolute Gasteiger partial charge is 0.410 e. The van der Waals surface area contributed by atoms with Crippen LogP contribution in [0.1, 0.15) is 33.6 Å². The topological polar surface area (TPSA) is 54.0 Å². The second-order valence-electron chi connectivity index (χ2n) is 6.81. The van der Waals surface area contributed by atoms with E-state index in [0.717, 1.165) is 58.8 Å². The predicted octanol–water partition coefficient (Wildman–Crippen LogP) is 1.56. The molecule has 1 heterocycles. The van der Waals surface area contributed by atoms with E-state index in [4.69, 9.17) is 9.47 Å². The fourth-order valence-electron chi connectivity index (χ4n) is 2.25. The maximum Gasteiger partial charge on any atom is 0.410 e. The molecule has 0 bridgehead atoms. The van der Waals surface area contributed by atoms with Crippen molar-refractivity contribution in [1.29, 1.82) is 0 Å². The number of rotatable bonds is 8. The van der Waals surface area contributed by atoms with E-state index in [1.165, 1.54) is 0 Å². The van der Waals surface area contributed by atoms with Crippen LogP contribution in [0.4, 0.5) is 4.79 Å². The quantitative estimate of drug-likeness (QED) is 0.689. The second kappa shape index (κ2) is 10.0. The van der Waals surface area contributed by atoms with E-state index in [0.29, 0.717) is 6.54 Å². The molecule has 1 N–H and O–H groups in total. The average Bonchev–Trinajstić information content (AvgIpc) is 2.45. The van der Waals surface area contributed by atoms with Crippen LogP contribution < -0.4 is 5.32 Å². The van der Waals surface area contributed by atoms with Gasteiger partial charge < -0.3 is 19.7 Å². The number of carbonyl (C=O) groups excluding carboxylic acids is 1. The molecule has 130 valence electrons.